The van der Waals surface area contributed by atoms with Gasteiger partial charge in [-0.2, -0.15) is 0 Å². The number of benzene rings is 3. The number of aryl methyl sites for hydroxylation is 2. The number of hydrogen-bond donors (Lipinski definition) is 1. The summed E-state index contributed by atoms with van der Waals surface area (Å²) in [6, 6.07) is 21.2. The zero-order valence-electron chi connectivity index (χ0n) is 20.1. The maximum absolute atomic E-state index is 5.51. The monoisotopic (exact) mass is 452 g/mol. The zero-order valence-corrected chi connectivity index (χ0v) is 20.1. The highest BCUT2D eigenvalue weighted by molar-refractivity contribution is 5.92. The summed E-state index contributed by atoms with van der Waals surface area (Å²) in [5.74, 6) is 2.76. The molecule has 1 N–H and O–H groups in total. The van der Waals surface area contributed by atoms with Crippen LogP contribution < -0.4 is 14.8 Å². The molecule has 0 saturated carbocycles. The Bertz CT molecular complexity index is 1510. The maximum atomic E-state index is 5.51. The third-order valence-corrected chi connectivity index (χ3v) is 6.27. The normalized spacial score (nSPS) is 12.1. The second-order valence-electron chi connectivity index (χ2n) is 8.54. The summed E-state index contributed by atoms with van der Waals surface area (Å²) in [5, 5.41) is 5.72. The van der Waals surface area contributed by atoms with Crippen molar-refractivity contribution in [2.75, 3.05) is 19.5 Å². The Balaban J connectivity index is 1.49. The van der Waals surface area contributed by atoms with Crippen LogP contribution in [0.15, 0.2) is 66.9 Å². The molecule has 34 heavy (non-hydrogen) atoms. The van der Waals surface area contributed by atoms with Crippen LogP contribution in [-0.2, 0) is 7.05 Å². The summed E-state index contributed by atoms with van der Waals surface area (Å²) < 4.78 is 13.1. The Labute approximate surface area is 199 Å². The molecule has 172 valence electrons. The molecule has 0 spiro atoms. The molecule has 0 radical (unpaired) electrons. The van der Waals surface area contributed by atoms with Crippen LogP contribution in [0.2, 0.25) is 0 Å². The fraction of sp³-hybridized carbons (Fsp3) is 0.214. The molecular formula is C28H28N4O2. The second kappa shape index (κ2) is 8.71. The molecule has 2 heterocycles. The number of hydrogen-bond acceptors (Lipinski definition) is 5. The van der Waals surface area contributed by atoms with Crippen LogP contribution >= 0.6 is 0 Å². The molecule has 1 atom stereocenters. The van der Waals surface area contributed by atoms with Gasteiger partial charge in [0.25, 0.3) is 0 Å². The van der Waals surface area contributed by atoms with Crippen molar-refractivity contribution in [3.63, 3.8) is 0 Å². The van der Waals surface area contributed by atoms with E-state index in [0.29, 0.717) is 17.3 Å². The molecule has 3 aromatic carbocycles. The Hall–Kier alpha value is -4.06. The van der Waals surface area contributed by atoms with Gasteiger partial charge in [0.05, 0.1) is 19.7 Å². The Morgan fingerprint density at radius 2 is 1.65 bits per heavy atom. The first kappa shape index (κ1) is 21.8. The fourth-order valence-electron chi connectivity index (χ4n) is 4.42. The molecule has 5 aromatic rings. The molecule has 0 fully saturated rings. The first-order valence-electron chi connectivity index (χ1n) is 11.3. The highest BCUT2D eigenvalue weighted by Crippen LogP contribution is 2.35. The number of nitrogens with zero attached hydrogens (tertiary/aromatic N) is 3. The summed E-state index contributed by atoms with van der Waals surface area (Å²) in [6.45, 7) is 4.04. The average Bonchev–Trinajstić information content (AvgIpc) is 3.23. The second-order valence-corrected chi connectivity index (χ2v) is 8.54. The van der Waals surface area contributed by atoms with Crippen molar-refractivity contribution in [1.29, 1.82) is 0 Å². The van der Waals surface area contributed by atoms with Crippen molar-refractivity contribution >= 4 is 27.6 Å². The van der Waals surface area contributed by atoms with Gasteiger partial charge in [-0.05, 0) is 60.9 Å². The van der Waals surface area contributed by atoms with Gasteiger partial charge in [-0.25, -0.2) is 9.97 Å². The standard InChI is InChI=1S/C28H28N4O2/c1-17(29-28-23-15-26(33-4)27(34-5)16-24(23)30-18(2)31-28)19-7-6-8-20(13-19)21-9-10-25-22(14-21)11-12-32(25)3/h6-17H,1-5H3,(H,29,30,31). The number of fused-ring (bicyclic) bond motifs is 2. The highest BCUT2D eigenvalue weighted by atomic mass is 16.5. The van der Waals surface area contributed by atoms with Crippen molar-refractivity contribution in [1.82, 2.24) is 14.5 Å². The van der Waals surface area contributed by atoms with Crippen LogP contribution in [-0.4, -0.2) is 28.8 Å². The largest absolute Gasteiger partial charge is 0.493 e. The topological polar surface area (TPSA) is 61.2 Å². The van der Waals surface area contributed by atoms with E-state index in [2.05, 4.69) is 83.6 Å². The van der Waals surface area contributed by atoms with Crippen LogP contribution in [0.5, 0.6) is 11.5 Å². The summed E-state index contributed by atoms with van der Waals surface area (Å²) in [5.41, 5.74) is 5.60. The molecule has 0 bridgehead atoms. The molecule has 6 heteroatoms. The van der Waals surface area contributed by atoms with Gasteiger partial charge < -0.3 is 19.4 Å². The van der Waals surface area contributed by atoms with E-state index in [1.165, 1.54) is 27.6 Å². The Morgan fingerprint density at radius 3 is 2.44 bits per heavy atom. The van der Waals surface area contributed by atoms with Crippen molar-refractivity contribution in [2.24, 2.45) is 7.05 Å². The number of rotatable bonds is 6. The first-order chi connectivity index (χ1) is 16.5. The van der Waals surface area contributed by atoms with E-state index >= 15 is 0 Å². The van der Waals surface area contributed by atoms with Gasteiger partial charge in [-0.3, -0.25) is 0 Å². The van der Waals surface area contributed by atoms with E-state index in [-0.39, 0.29) is 6.04 Å². The molecule has 1 unspecified atom stereocenters. The predicted molar refractivity (Wildman–Crippen MR) is 138 cm³/mol. The van der Waals surface area contributed by atoms with E-state index in [1.807, 2.05) is 19.1 Å². The van der Waals surface area contributed by atoms with Crippen LogP contribution in [0.1, 0.15) is 24.4 Å². The van der Waals surface area contributed by atoms with E-state index in [0.717, 1.165) is 16.7 Å². The fourth-order valence-corrected chi connectivity index (χ4v) is 4.42. The third-order valence-electron chi connectivity index (χ3n) is 6.27. The highest BCUT2D eigenvalue weighted by Gasteiger charge is 2.15. The van der Waals surface area contributed by atoms with Crippen LogP contribution in [0.4, 0.5) is 5.82 Å². The van der Waals surface area contributed by atoms with E-state index in [4.69, 9.17) is 14.5 Å². The van der Waals surface area contributed by atoms with Crippen molar-refractivity contribution in [3.05, 3.63) is 78.2 Å². The first-order valence-corrected chi connectivity index (χ1v) is 11.3. The van der Waals surface area contributed by atoms with Gasteiger partial charge in [0, 0.05) is 41.6 Å². The number of nitrogens with one attached hydrogen (secondary N) is 1. The lowest BCUT2D eigenvalue weighted by molar-refractivity contribution is 0.356. The minimum atomic E-state index is 0.0333. The smallest absolute Gasteiger partial charge is 0.162 e. The molecule has 2 aromatic heterocycles. The minimum Gasteiger partial charge on any atom is -0.493 e. The SMILES string of the molecule is COc1cc2nc(C)nc(NC(C)c3cccc(-c4ccc5c(ccn5C)c4)c3)c2cc1OC. The summed E-state index contributed by atoms with van der Waals surface area (Å²) in [7, 11) is 5.33. The lowest BCUT2D eigenvalue weighted by atomic mass is 9.99. The maximum Gasteiger partial charge on any atom is 0.162 e. The van der Waals surface area contributed by atoms with Gasteiger partial charge in [0.1, 0.15) is 11.6 Å². The lowest BCUT2D eigenvalue weighted by Crippen LogP contribution is -2.10. The van der Waals surface area contributed by atoms with Crippen LogP contribution in [0, 0.1) is 6.92 Å². The molecule has 0 saturated heterocycles. The van der Waals surface area contributed by atoms with Crippen molar-refractivity contribution < 1.29 is 9.47 Å². The Morgan fingerprint density at radius 1 is 0.882 bits per heavy atom. The molecular weight excluding hydrogens is 424 g/mol. The van der Waals surface area contributed by atoms with Gasteiger partial charge in [0.2, 0.25) is 0 Å². The number of ether oxygens (including phenoxy) is 2. The minimum absolute atomic E-state index is 0.0333. The average molecular weight is 453 g/mol. The van der Waals surface area contributed by atoms with Gasteiger partial charge in [-0.15, -0.1) is 0 Å². The van der Waals surface area contributed by atoms with E-state index in [1.54, 1.807) is 14.2 Å². The van der Waals surface area contributed by atoms with Crippen LogP contribution in [0.25, 0.3) is 32.9 Å². The molecule has 6 nitrogen and oxygen atoms in total. The van der Waals surface area contributed by atoms with Crippen molar-refractivity contribution in [3.8, 4) is 22.6 Å². The summed E-state index contributed by atoms with van der Waals surface area (Å²) in [4.78, 5) is 9.29. The van der Waals surface area contributed by atoms with Gasteiger partial charge >= 0.3 is 0 Å². The van der Waals surface area contributed by atoms with Gasteiger partial charge in [0.15, 0.2) is 11.5 Å². The quantitative estimate of drug-likeness (QED) is 0.328. The van der Waals surface area contributed by atoms with E-state index in [9.17, 15) is 0 Å². The molecule has 0 aliphatic rings. The van der Waals surface area contributed by atoms with Crippen LogP contribution in [0.3, 0.4) is 0 Å². The predicted octanol–water partition coefficient (Wildman–Crippen LogP) is 6.29. The molecule has 5 rings (SSSR count). The molecule has 0 amide bonds. The molecule has 0 aliphatic heterocycles. The third kappa shape index (κ3) is 3.92. The molecule has 0 aliphatic carbocycles. The Kier molecular flexibility index (Phi) is 5.57. The number of methoxy groups -OCH3 is 2. The zero-order chi connectivity index (χ0) is 23.8. The lowest BCUT2D eigenvalue weighted by Gasteiger charge is -2.18. The van der Waals surface area contributed by atoms with Crippen molar-refractivity contribution in [2.45, 2.75) is 19.9 Å². The number of aromatic nitrogens is 3. The summed E-state index contributed by atoms with van der Waals surface area (Å²) in [6.07, 6.45) is 2.09. The summed E-state index contributed by atoms with van der Waals surface area (Å²) >= 11 is 0. The van der Waals surface area contributed by atoms with Gasteiger partial charge in [-0.1, -0.05) is 24.3 Å². The number of anilines is 1. The van der Waals surface area contributed by atoms with E-state index < -0.39 is 0 Å².